The standard InChI is InChI=1S/C15H14ClN3O2/c16-11-3-1-10(2-4-11)9-18-15-12-7-8-17-13(12)5-6-14(15)19(20)21/h1-6,17-18H,7-9H2. The zero-order chi connectivity index (χ0) is 14.8. The summed E-state index contributed by atoms with van der Waals surface area (Å²) in [5, 5.41) is 18.3. The number of hydrogen-bond acceptors (Lipinski definition) is 4. The number of nitro benzene ring substituents is 1. The Morgan fingerprint density at radius 3 is 2.71 bits per heavy atom. The van der Waals surface area contributed by atoms with E-state index >= 15 is 0 Å². The first-order valence-corrected chi connectivity index (χ1v) is 7.05. The molecule has 0 spiro atoms. The minimum Gasteiger partial charge on any atom is -0.384 e. The van der Waals surface area contributed by atoms with E-state index in [-0.39, 0.29) is 10.6 Å². The van der Waals surface area contributed by atoms with Crippen LogP contribution in [-0.4, -0.2) is 11.5 Å². The van der Waals surface area contributed by atoms with Crippen molar-refractivity contribution in [2.45, 2.75) is 13.0 Å². The molecule has 5 nitrogen and oxygen atoms in total. The fourth-order valence-electron chi connectivity index (χ4n) is 2.53. The predicted octanol–water partition coefficient (Wildman–Crippen LogP) is 3.83. The number of nitro groups is 1. The molecule has 0 saturated carbocycles. The minimum atomic E-state index is -0.344. The quantitative estimate of drug-likeness (QED) is 0.665. The van der Waals surface area contributed by atoms with Crippen LogP contribution in [0.3, 0.4) is 0 Å². The van der Waals surface area contributed by atoms with Crippen LogP contribution < -0.4 is 10.6 Å². The van der Waals surface area contributed by atoms with Gasteiger partial charge < -0.3 is 10.6 Å². The van der Waals surface area contributed by atoms with Gasteiger partial charge in [-0.1, -0.05) is 23.7 Å². The molecule has 0 fully saturated rings. The third kappa shape index (κ3) is 2.78. The van der Waals surface area contributed by atoms with E-state index in [1.807, 2.05) is 24.3 Å². The molecule has 108 valence electrons. The molecule has 1 heterocycles. The molecule has 0 bridgehead atoms. The second kappa shape index (κ2) is 5.61. The maximum absolute atomic E-state index is 11.2. The number of benzene rings is 2. The summed E-state index contributed by atoms with van der Waals surface area (Å²) in [6, 6.07) is 10.7. The van der Waals surface area contributed by atoms with Crippen molar-refractivity contribution in [1.29, 1.82) is 0 Å². The van der Waals surface area contributed by atoms with Gasteiger partial charge in [-0.15, -0.1) is 0 Å². The van der Waals surface area contributed by atoms with Crippen LogP contribution in [0.5, 0.6) is 0 Å². The smallest absolute Gasteiger partial charge is 0.292 e. The summed E-state index contributed by atoms with van der Waals surface area (Å²) in [6.45, 7) is 1.33. The first-order valence-electron chi connectivity index (χ1n) is 6.67. The highest BCUT2D eigenvalue weighted by atomic mass is 35.5. The van der Waals surface area contributed by atoms with E-state index < -0.39 is 0 Å². The molecule has 6 heteroatoms. The predicted molar refractivity (Wildman–Crippen MR) is 84.1 cm³/mol. The molecular formula is C15H14ClN3O2. The monoisotopic (exact) mass is 303 g/mol. The van der Waals surface area contributed by atoms with E-state index in [0.717, 1.165) is 29.8 Å². The largest absolute Gasteiger partial charge is 0.384 e. The molecule has 0 aliphatic carbocycles. The van der Waals surface area contributed by atoms with Crippen LogP contribution in [-0.2, 0) is 13.0 Å². The summed E-state index contributed by atoms with van der Waals surface area (Å²) in [6.07, 6.45) is 0.792. The molecule has 1 aliphatic rings. The zero-order valence-electron chi connectivity index (χ0n) is 11.2. The van der Waals surface area contributed by atoms with E-state index in [0.29, 0.717) is 17.3 Å². The lowest BCUT2D eigenvalue weighted by molar-refractivity contribution is -0.384. The lowest BCUT2D eigenvalue weighted by Gasteiger charge is -2.11. The van der Waals surface area contributed by atoms with Gasteiger partial charge in [0.25, 0.3) is 5.69 Å². The molecule has 0 saturated heterocycles. The second-order valence-corrected chi connectivity index (χ2v) is 5.34. The van der Waals surface area contributed by atoms with E-state index in [1.54, 1.807) is 12.1 Å². The highest BCUT2D eigenvalue weighted by Crippen LogP contribution is 2.37. The zero-order valence-corrected chi connectivity index (χ0v) is 12.0. The molecule has 2 aromatic carbocycles. The summed E-state index contributed by atoms with van der Waals surface area (Å²) < 4.78 is 0. The normalized spacial score (nSPS) is 12.6. The van der Waals surface area contributed by atoms with Crippen LogP contribution in [0, 0.1) is 10.1 Å². The van der Waals surface area contributed by atoms with Gasteiger partial charge in [0.05, 0.1) is 4.92 Å². The van der Waals surface area contributed by atoms with Gasteiger partial charge in [-0.3, -0.25) is 10.1 Å². The van der Waals surface area contributed by atoms with Crippen molar-refractivity contribution in [2.75, 3.05) is 17.2 Å². The van der Waals surface area contributed by atoms with Crippen molar-refractivity contribution in [3.63, 3.8) is 0 Å². The number of nitrogens with zero attached hydrogens (tertiary/aromatic N) is 1. The van der Waals surface area contributed by atoms with Gasteiger partial charge in [0.2, 0.25) is 0 Å². The Hall–Kier alpha value is -2.27. The molecule has 0 atom stereocenters. The average molecular weight is 304 g/mol. The van der Waals surface area contributed by atoms with E-state index in [1.165, 1.54) is 0 Å². The molecule has 3 rings (SSSR count). The van der Waals surface area contributed by atoms with Gasteiger partial charge in [0.1, 0.15) is 5.69 Å². The van der Waals surface area contributed by atoms with Crippen LogP contribution in [0.25, 0.3) is 0 Å². The SMILES string of the molecule is O=[N+]([O-])c1ccc2c(c1NCc1ccc(Cl)cc1)CCN2. The van der Waals surface area contributed by atoms with E-state index in [2.05, 4.69) is 10.6 Å². The van der Waals surface area contributed by atoms with Crippen molar-refractivity contribution in [1.82, 2.24) is 0 Å². The highest BCUT2D eigenvalue weighted by molar-refractivity contribution is 6.30. The van der Waals surface area contributed by atoms with Crippen LogP contribution in [0.4, 0.5) is 17.1 Å². The Labute approximate surface area is 127 Å². The lowest BCUT2D eigenvalue weighted by atomic mass is 10.1. The summed E-state index contributed by atoms with van der Waals surface area (Å²) >= 11 is 5.85. The number of nitrogens with one attached hydrogen (secondary N) is 2. The third-order valence-electron chi connectivity index (χ3n) is 3.56. The molecule has 0 radical (unpaired) electrons. The summed E-state index contributed by atoms with van der Waals surface area (Å²) in [5.74, 6) is 0. The maximum atomic E-state index is 11.2. The number of hydrogen-bond donors (Lipinski definition) is 2. The molecule has 0 aromatic heterocycles. The van der Waals surface area contributed by atoms with Crippen LogP contribution in [0.1, 0.15) is 11.1 Å². The first kappa shape index (κ1) is 13.7. The highest BCUT2D eigenvalue weighted by Gasteiger charge is 2.23. The van der Waals surface area contributed by atoms with Crippen molar-refractivity contribution >= 4 is 28.7 Å². The van der Waals surface area contributed by atoms with E-state index in [4.69, 9.17) is 11.6 Å². The summed E-state index contributed by atoms with van der Waals surface area (Å²) in [7, 11) is 0. The third-order valence-corrected chi connectivity index (χ3v) is 3.81. The van der Waals surface area contributed by atoms with Gasteiger partial charge in [-0.05, 0) is 30.2 Å². The van der Waals surface area contributed by atoms with E-state index in [9.17, 15) is 10.1 Å². The number of anilines is 2. The van der Waals surface area contributed by atoms with Crippen LogP contribution >= 0.6 is 11.6 Å². The molecule has 2 aromatic rings. The van der Waals surface area contributed by atoms with Crippen molar-refractivity contribution in [3.05, 3.63) is 62.7 Å². The number of halogens is 1. The summed E-state index contributed by atoms with van der Waals surface area (Å²) in [4.78, 5) is 10.9. The van der Waals surface area contributed by atoms with Crippen LogP contribution in [0.15, 0.2) is 36.4 Å². The fraction of sp³-hybridized carbons (Fsp3) is 0.200. The maximum Gasteiger partial charge on any atom is 0.292 e. The van der Waals surface area contributed by atoms with Gasteiger partial charge in [0.15, 0.2) is 0 Å². The summed E-state index contributed by atoms with van der Waals surface area (Å²) in [5.41, 5.74) is 3.71. The Kier molecular flexibility index (Phi) is 3.66. The number of fused-ring (bicyclic) bond motifs is 1. The molecule has 2 N–H and O–H groups in total. The van der Waals surface area contributed by atoms with Crippen LogP contribution in [0.2, 0.25) is 5.02 Å². The van der Waals surface area contributed by atoms with Crippen molar-refractivity contribution in [3.8, 4) is 0 Å². The molecule has 21 heavy (non-hydrogen) atoms. The van der Waals surface area contributed by atoms with Gasteiger partial charge in [-0.25, -0.2) is 0 Å². The minimum absolute atomic E-state index is 0.117. The van der Waals surface area contributed by atoms with Crippen molar-refractivity contribution in [2.24, 2.45) is 0 Å². The molecular weight excluding hydrogens is 290 g/mol. The molecule has 0 amide bonds. The first-order chi connectivity index (χ1) is 10.1. The Bertz CT molecular complexity index is 686. The van der Waals surface area contributed by atoms with Gasteiger partial charge in [0, 0.05) is 35.4 Å². The average Bonchev–Trinajstić information content (AvgIpc) is 2.94. The van der Waals surface area contributed by atoms with Gasteiger partial charge >= 0.3 is 0 Å². The lowest BCUT2D eigenvalue weighted by Crippen LogP contribution is -2.05. The second-order valence-electron chi connectivity index (χ2n) is 4.90. The van der Waals surface area contributed by atoms with Crippen molar-refractivity contribution < 1.29 is 4.92 Å². The Morgan fingerprint density at radius 2 is 2.00 bits per heavy atom. The topological polar surface area (TPSA) is 67.2 Å². The Morgan fingerprint density at radius 1 is 1.24 bits per heavy atom. The Balaban J connectivity index is 1.88. The fourth-order valence-corrected chi connectivity index (χ4v) is 2.65. The van der Waals surface area contributed by atoms with Gasteiger partial charge in [-0.2, -0.15) is 0 Å². The molecule has 0 unspecified atom stereocenters. The molecule has 1 aliphatic heterocycles. The number of rotatable bonds is 4.